The lowest BCUT2D eigenvalue weighted by Crippen LogP contribution is -2.52. The van der Waals surface area contributed by atoms with Gasteiger partial charge >= 0.3 is 0 Å². The second-order valence-corrected chi connectivity index (χ2v) is 8.37. The van der Waals surface area contributed by atoms with Crippen LogP contribution in [0.2, 0.25) is 0 Å². The first kappa shape index (κ1) is 14.9. The predicted molar refractivity (Wildman–Crippen MR) is 85.5 cm³/mol. The van der Waals surface area contributed by atoms with Crippen LogP contribution in [0.15, 0.2) is 29.2 Å². The highest BCUT2D eigenvalue weighted by molar-refractivity contribution is 7.91. The normalized spacial score (nSPS) is 26.4. The molecular weight excluding hydrogens is 284 g/mol. The molecule has 1 N–H and O–H groups in total. The number of nitrogens with zero attached hydrogens (tertiary/aromatic N) is 1. The zero-order valence-electron chi connectivity index (χ0n) is 12.6. The molecule has 0 saturated carbocycles. The number of hydrogen-bond acceptors (Lipinski definition) is 4. The standard InChI is InChI=1S/C16H24N2O2S/c1-2-21(19,20)15-7-5-14(6-8-15)18-11-9-16-13(12-18)4-3-10-17-16/h5-8,13,16-17H,2-4,9-12H2,1H3. The quantitative estimate of drug-likeness (QED) is 0.928. The zero-order valence-corrected chi connectivity index (χ0v) is 13.4. The van der Waals surface area contributed by atoms with Gasteiger partial charge in [-0.2, -0.15) is 0 Å². The Morgan fingerprint density at radius 2 is 2.00 bits per heavy atom. The molecule has 0 radical (unpaired) electrons. The Hall–Kier alpha value is -1.07. The molecule has 0 spiro atoms. The average Bonchev–Trinajstić information content (AvgIpc) is 2.54. The topological polar surface area (TPSA) is 49.4 Å². The van der Waals surface area contributed by atoms with Crippen LogP contribution in [0.3, 0.4) is 0 Å². The summed E-state index contributed by atoms with van der Waals surface area (Å²) in [5.41, 5.74) is 1.15. The van der Waals surface area contributed by atoms with E-state index in [4.69, 9.17) is 0 Å². The Morgan fingerprint density at radius 3 is 2.71 bits per heavy atom. The van der Waals surface area contributed by atoms with E-state index in [0.717, 1.165) is 31.2 Å². The summed E-state index contributed by atoms with van der Waals surface area (Å²) >= 11 is 0. The molecule has 0 aliphatic carbocycles. The van der Waals surface area contributed by atoms with E-state index in [0.29, 0.717) is 10.9 Å². The number of nitrogens with one attached hydrogen (secondary N) is 1. The summed E-state index contributed by atoms with van der Waals surface area (Å²) in [4.78, 5) is 2.83. The third-order valence-electron chi connectivity index (χ3n) is 4.83. The van der Waals surface area contributed by atoms with E-state index in [1.165, 1.54) is 19.3 Å². The minimum atomic E-state index is -3.09. The van der Waals surface area contributed by atoms with Crippen LogP contribution in [-0.2, 0) is 9.84 Å². The van der Waals surface area contributed by atoms with Crippen molar-refractivity contribution in [3.63, 3.8) is 0 Å². The van der Waals surface area contributed by atoms with Crippen LogP contribution in [0.4, 0.5) is 5.69 Å². The van der Waals surface area contributed by atoms with E-state index in [-0.39, 0.29) is 5.75 Å². The minimum Gasteiger partial charge on any atom is -0.371 e. The molecule has 2 aliphatic rings. The van der Waals surface area contributed by atoms with Crippen molar-refractivity contribution >= 4 is 15.5 Å². The fourth-order valence-corrected chi connectivity index (χ4v) is 4.39. The molecule has 3 rings (SSSR count). The molecule has 5 heteroatoms. The SMILES string of the molecule is CCS(=O)(=O)c1ccc(N2CCC3NCCCC3C2)cc1. The number of sulfone groups is 1. The first-order valence-electron chi connectivity index (χ1n) is 7.91. The zero-order chi connectivity index (χ0) is 14.9. The maximum atomic E-state index is 11.9. The van der Waals surface area contributed by atoms with Gasteiger partial charge in [0.2, 0.25) is 0 Å². The second-order valence-electron chi connectivity index (χ2n) is 6.09. The van der Waals surface area contributed by atoms with Gasteiger partial charge < -0.3 is 10.2 Å². The van der Waals surface area contributed by atoms with Crippen molar-refractivity contribution in [2.75, 3.05) is 30.3 Å². The molecule has 1 aromatic rings. The van der Waals surface area contributed by atoms with E-state index in [2.05, 4.69) is 10.2 Å². The summed E-state index contributed by atoms with van der Waals surface area (Å²) in [6.07, 6.45) is 3.75. The summed E-state index contributed by atoms with van der Waals surface area (Å²) in [7, 11) is -3.09. The third-order valence-corrected chi connectivity index (χ3v) is 6.58. The number of hydrogen-bond donors (Lipinski definition) is 1. The molecule has 0 aromatic heterocycles. The molecule has 0 bridgehead atoms. The maximum absolute atomic E-state index is 11.9. The number of fused-ring (bicyclic) bond motifs is 1. The highest BCUT2D eigenvalue weighted by Crippen LogP contribution is 2.29. The van der Waals surface area contributed by atoms with E-state index < -0.39 is 9.84 Å². The monoisotopic (exact) mass is 308 g/mol. The summed E-state index contributed by atoms with van der Waals surface area (Å²) < 4.78 is 23.7. The number of benzene rings is 1. The molecule has 116 valence electrons. The van der Waals surface area contributed by atoms with Gasteiger partial charge in [-0.3, -0.25) is 0 Å². The molecule has 2 aliphatic heterocycles. The van der Waals surface area contributed by atoms with Gasteiger partial charge in [0.05, 0.1) is 10.6 Å². The van der Waals surface area contributed by atoms with Gasteiger partial charge in [0.15, 0.2) is 9.84 Å². The molecule has 0 amide bonds. The van der Waals surface area contributed by atoms with Crippen LogP contribution in [0, 0.1) is 5.92 Å². The summed E-state index contributed by atoms with van der Waals surface area (Å²) in [5, 5.41) is 3.62. The first-order chi connectivity index (χ1) is 10.1. The lowest BCUT2D eigenvalue weighted by molar-refractivity contribution is 0.244. The van der Waals surface area contributed by atoms with Gasteiger partial charge in [-0.1, -0.05) is 6.92 Å². The van der Waals surface area contributed by atoms with Crippen molar-refractivity contribution < 1.29 is 8.42 Å². The van der Waals surface area contributed by atoms with Crippen LogP contribution in [0.1, 0.15) is 26.2 Å². The van der Waals surface area contributed by atoms with Crippen LogP contribution in [-0.4, -0.2) is 39.8 Å². The fourth-order valence-electron chi connectivity index (χ4n) is 3.51. The van der Waals surface area contributed by atoms with E-state index in [1.807, 2.05) is 12.1 Å². The van der Waals surface area contributed by atoms with Gasteiger partial charge in [-0.15, -0.1) is 0 Å². The van der Waals surface area contributed by atoms with Crippen molar-refractivity contribution in [2.45, 2.75) is 37.1 Å². The molecule has 2 atom stereocenters. The predicted octanol–water partition coefficient (Wildman–Crippen LogP) is 2.06. The fraction of sp³-hybridized carbons (Fsp3) is 0.625. The Labute approximate surface area is 127 Å². The molecule has 2 saturated heterocycles. The highest BCUT2D eigenvalue weighted by Gasteiger charge is 2.31. The molecule has 2 heterocycles. The van der Waals surface area contributed by atoms with E-state index >= 15 is 0 Å². The molecular formula is C16H24N2O2S. The Kier molecular flexibility index (Phi) is 4.22. The second kappa shape index (κ2) is 5.97. The number of rotatable bonds is 3. The van der Waals surface area contributed by atoms with Gasteiger partial charge in [0.1, 0.15) is 0 Å². The highest BCUT2D eigenvalue weighted by atomic mass is 32.2. The van der Waals surface area contributed by atoms with Gasteiger partial charge in [-0.25, -0.2) is 8.42 Å². The van der Waals surface area contributed by atoms with Crippen LogP contribution < -0.4 is 10.2 Å². The molecule has 1 aromatic carbocycles. The molecule has 4 nitrogen and oxygen atoms in total. The minimum absolute atomic E-state index is 0.158. The van der Waals surface area contributed by atoms with Crippen LogP contribution >= 0.6 is 0 Å². The Bertz CT molecular complexity index is 583. The molecule has 2 unspecified atom stereocenters. The van der Waals surface area contributed by atoms with Crippen molar-refractivity contribution in [3.8, 4) is 0 Å². The average molecular weight is 308 g/mol. The molecule has 2 fully saturated rings. The summed E-state index contributed by atoms with van der Waals surface area (Å²) in [5.74, 6) is 0.887. The van der Waals surface area contributed by atoms with Gasteiger partial charge in [0.25, 0.3) is 0 Å². The largest absolute Gasteiger partial charge is 0.371 e. The summed E-state index contributed by atoms with van der Waals surface area (Å²) in [6.45, 7) is 4.97. The maximum Gasteiger partial charge on any atom is 0.178 e. The van der Waals surface area contributed by atoms with Crippen molar-refractivity contribution in [1.82, 2.24) is 5.32 Å². The summed E-state index contributed by atoms with van der Waals surface area (Å²) in [6, 6.07) is 8.09. The lowest BCUT2D eigenvalue weighted by Gasteiger charge is -2.42. The Morgan fingerprint density at radius 1 is 1.24 bits per heavy atom. The van der Waals surface area contributed by atoms with Crippen molar-refractivity contribution in [3.05, 3.63) is 24.3 Å². The van der Waals surface area contributed by atoms with Gasteiger partial charge in [0, 0.05) is 24.8 Å². The molecule has 21 heavy (non-hydrogen) atoms. The number of piperidine rings is 2. The van der Waals surface area contributed by atoms with Crippen LogP contribution in [0.5, 0.6) is 0 Å². The lowest BCUT2D eigenvalue weighted by atomic mass is 9.85. The van der Waals surface area contributed by atoms with E-state index in [9.17, 15) is 8.42 Å². The van der Waals surface area contributed by atoms with Crippen molar-refractivity contribution in [2.24, 2.45) is 5.92 Å². The van der Waals surface area contributed by atoms with Gasteiger partial charge in [-0.05, 0) is 56.0 Å². The first-order valence-corrected chi connectivity index (χ1v) is 9.56. The van der Waals surface area contributed by atoms with Crippen LogP contribution in [0.25, 0.3) is 0 Å². The van der Waals surface area contributed by atoms with E-state index in [1.54, 1.807) is 19.1 Å². The smallest absolute Gasteiger partial charge is 0.178 e. The Balaban J connectivity index is 1.73. The third kappa shape index (κ3) is 3.09. The number of anilines is 1. The van der Waals surface area contributed by atoms with Crippen molar-refractivity contribution in [1.29, 1.82) is 0 Å².